The van der Waals surface area contributed by atoms with E-state index >= 15 is 0 Å². The predicted molar refractivity (Wildman–Crippen MR) is 47.9 cm³/mol. The van der Waals surface area contributed by atoms with Crippen molar-refractivity contribution in [2.24, 2.45) is 5.92 Å². The lowest BCUT2D eigenvalue weighted by Gasteiger charge is -2.16. The average Bonchev–Trinajstić information content (AvgIpc) is 1.82. The van der Waals surface area contributed by atoms with Crippen molar-refractivity contribution in [3.05, 3.63) is 0 Å². The van der Waals surface area contributed by atoms with Crippen molar-refractivity contribution in [3.63, 3.8) is 0 Å². The molecule has 0 spiro atoms. The molecule has 9 heavy (non-hydrogen) atoms. The van der Waals surface area contributed by atoms with Gasteiger partial charge in [-0.15, -0.1) is 9.24 Å². The first-order chi connectivity index (χ1) is 4.22. The molecular weight excluding hydrogens is 127 g/mol. The molecule has 0 aliphatic rings. The fourth-order valence-corrected chi connectivity index (χ4v) is 1.67. The van der Waals surface area contributed by atoms with Crippen molar-refractivity contribution in [2.45, 2.75) is 45.7 Å². The summed E-state index contributed by atoms with van der Waals surface area (Å²) in [5, 5.41) is 0. The van der Waals surface area contributed by atoms with Crippen LogP contribution >= 0.6 is 9.24 Å². The lowest BCUT2D eigenvalue weighted by molar-refractivity contribution is 0.461. The van der Waals surface area contributed by atoms with Crippen LogP contribution in [0.1, 0.15) is 40.0 Å². The van der Waals surface area contributed by atoms with Crippen LogP contribution in [0.3, 0.4) is 0 Å². The van der Waals surface area contributed by atoms with Gasteiger partial charge in [-0.2, -0.15) is 0 Å². The van der Waals surface area contributed by atoms with Crippen LogP contribution in [0.5, 0.6) is 0 Å². The lowest BCUT2D eigenvalue weighted by Crippen LogP contribution is -2.08. The van der Waals surface area contributed by atoms with Crippen molar-refractivity contribution in [1.29, 1.82) is 0 Å². The van der Waals surface area contributed by atoms with Gasteiger partial charge in [-0.3, -0.25) is 0 Å². The monoisotopic (exact) mass is 146 g/mol. The van der Waals surface area contributed by atoms with E-state index in [0.29, 0.717) is 0 Å². The van der Waals surface area contributed by atoms with Crippen molar-refractivity contribution in [3.8, 4) is 0 Å². The molecule has 0 aromatic carbocycles. The van der Waals surface area contributed by atoms with Crippen molar-refractivity contribution in [2.75, 3.05) is 0 Å². The van der Waals surface area contributed by atoms with Gasteiger partial charge in [0.2, 0.25) is 0 Å². The third-order valence-corrected chi connectivity index (χ3v) is 2.47. The molecule has 0 saturated carbocycles. The minimum atomic E-state index is 0.801. The van der Waals surface area contributed by atoms with Gasteiger partial charge in [0.05, 0.1) is 0 Å². The highest BCUT2D eigenvalue weighted by Crippen LogP contribution is 2.20. The standard InChI is InChI=1S/C8H19P/c1-4-6-8(5-2)7(3)9/h7-8H,4-6,9H2,1-3H3. The van der Waals surface area contributed by atoms with Crippen LogP contribution in [0.15, 0.2) is 0 Å². The van der Waals surface area contributed by atoms with E-state index in [1.807, 2.05) is 0 Å². The Morgan fingerprint density at radius 2 is 1.89 bits per heavy atom. The maximum atomic E-state index is 2.89. The van der Waals surface area contributed by atoms with Gasteiger partial charge < -0.3 is 0 Å². The summed E-state index contributed by atoms with van der Waals surface area (Å²) in [6, 6.07) is 0. The molecule has 0 nitrogen and oxygen atoms in total. The highest BCUT2D eigenvalue weighted by Gasteiger charge is 2.08. The molecule has 3 atom stereocenters. The minimum absolute atomic E-state index is 0.801. The van der Waals surface area contributed by atoms with E-state index in [2.05, 4.69) is 30.0 Å². The molecule has 3 unspecified atom stereocenters. The van der Waals surface area contributed by atoms with Gasteiger partial charge in [0.15, 0.2) is 0 Å². The molecule has 0 amide bonds. The Balaban J connectivity index is 3.41. The molecule has 0 bridgehead atoms. The van der Waals surface area contributed by atoms with Gasteiger partial charge in [0, 0.05) is 0 Å². The Morgan fingerprint density at radius 3 is 2.00 bits per heavy atom. The Labute approximate surface area is 61.6 Å². The van der Waals surface area contributed by atoms with Crippen LogP contribution in [-0.2, 0) is 0 Å². The summed E-state index contributed by atoms with van der Waals surface area (Å²) >= 11 is 0. The fraction of sp³-hybridized carbons (Fsp3) is 1.00. The van der Waals surface area contributed by atoms with E-state index < -0.39 is 0 Å². The van der Waals surface area contributed by atoms with E-state index in [0.717, 1.165) is 11.6 Å². The topological polar surface area (TPSA) is 0 Å². The van der Waals surface area contributed by atoms with Crippen molar-refractivity contribution >= 4 is 9.24 Å². The normalized spacial score (nSPS) is 17.3. The smallest absolute Gasteiger partial charge is 0.0264 e. The summed E-state index contributed by atoms with van der Waals surface area (Å²) in [6.07, 6.45) is 4.05. The third-order valence-electron chi connectivity index (χ3n) is 1.93. The number of rotatable bonds is 4. The van der Waals surface area contributed by atoms with E-state index in [1.54, 1.807) is 0 Å². The molecule has 0 aromatic heterocycles. The summed E-state index contributed by atoms with van der Waals surface area (Å²) in [5.74, 6) is 0.931. The second kappa shape index (κ2) is 5.23. The Hall–Kier alpha value is 0.430. The molecular formula is C8H19P. The summed E-state index contributed by atoms with van der Waals surface area (Å²) < 4.78 is 0. The zero-order chi connectivity index (χ0) is 7.28. The van der Waals surface area contributed by atoms with Gasteiger partial charge in [-0.05, 0) is 11.6 Å². The summed E-state index contributed by atoms with van der Waals surface area (Å²) in [4.78, 5) is 0. The number of hydrogen-bond acceptors (Lipinski definition) is 0. The van der Waals surface area contributed by atoms with E-state index in [1.165, 1.54) is 19.3 Å². The van der Waals surface area contributed by atoms with E-state index in [-0.39, 0.29) is 0 Å². The van der Waals surface area contributed by atoms with Gasteiger partial charge in [-0.1, -0.05) is 40.0 Å². The maximum Gasteiger partial charge on any atom is -0.0264 e. The maximum absolute atomic E-state index is 2.89. The quantitative estimate of drug-likeness (QED) is 0.535. The number of hydrogen-bond donors (Lipinski definition) is 0. The molecule has 0 aliphatic heterocycles. The van der Waals surface area contributed by atoms with Gasteiger partial charge in [0.1, 0.15) is 0 Å². The van der Waals surface area contributed by atoms with E-state index in [4.69, 9.17) is 0 Å². The summed E-state index contributed by atoms with van der Waals surface area (Å²) in [7, 11) is 2.89. The predicted octanol–water partition coefficient (Wildman–Crippen LogP) is 3.08. The molecule has 0 fully saturated rings. The lowest BCUT2D eigenvalue weighted by atomic mass is 9.98. The van der Waals surface area contributed by atoms with Crippen LogP contribution in [0.2, 0.25) is 0 Å². The van der Waals surface area contributed by atoms with Crippen LogP contribution in [0.25, 0.3) is 0 Å². The molecule has 0 saturated heterocycles. The highest BCUT2D eigenvalue weighted by molar-refractivity contribution is 7.17. The van der Waals surface area contributed by atoms with Crippen LogP contribution < -0.4 is 0 Å². The van der Waals surface area contributed by atoms with Crippen LogP contribution in [0.4, 0.5) is 0 Å². The molecule has 0 N–H and O–H groups in total. The van der Waals surface area contributed by atoms with Crippen molar-refractivity contribution in [1.82, 2.24) is 0 Å². The third kappa shape index (κ3) is 3.92. The van der Waals surface area contributed by atoms with Crippen molar-refractivity contribution < 1.29 is 0 Å². The Morgan fingerprint density at radius 1 is 1.33 bits per heavy atom. The van der Waals surface area contributed by atoms with Crippen LogP contribution in [0, 0.1) is 5.92 Å². The molecule has 0 radical (unpaired) electrons. The van der Waals surface area contributed by atoms with Crippen LogP contribution in [-0.4, -0.2) is 5.66 Å². The Kier molecular flexibility index (Phi) is 5.48. The molecule has 0 heterocycles. The average molecular weight is 146 g/mol. The van der Waals surface area contributed by atoms with Gasteiger partial charge in [-0.25, -0.2) is 0 Å². The molecule has 0 rings (SSSR count). The summed E-state index contributed by atoms with van der Waals surface area (Å²) in [6.45, 7) is 6.82. The zero-order valence-corrected chi connectivity index (χ0v) is 8.01. The molecule has 0 aliphatic carbocycles. The SMILES string of the molecule is CCCC(CC)C(C)P. The second-order valence-corrected chi connectivity index (χ2v) is 3.87. The molecule has 1 heteroatoms. The van der Waals surface area contributed by atoms with Gasteiger partial charge in [0.25, 0.3) is 0 Å². The first-order valence-corrected chi connectivity index (χ1v) is 4.64. The second-order valence-electron chi connectivity index (χ2n) is 2.82. The highest BCUT2D eigenvalue weighted by atomic mass is 31.0. The minimum Gasteiger partial charge on any atom is -0.134 e. The molecule has 56 valence electrons. The van der Waals surface area contributed by atoms with Gasteiger partial charge >= 0.3 is 0 Å². The first-order valence-electron chi connectivity index (χ1n) is 3.97. The van der Waals surface area contributed by atoms with E-state index in [9.17, 15) is 0 Å². The molecule has 0 aromatic rings. The first kappa shape index (κ1) is 9.43. The largest absolute Gasteiger partial charge is 0.134 e. The zero-order valence-electron chi connectivity index (χ0n) is 6.85. The Bertz CT molecular complexity index is 59.6. The summed E-state index contributed by atoms with van der Waals surface area (Å²) in [5.41, 5.74) is 0.801. The fourth-order valence-electron chi connectivity index (χ4n) is 1.21.